The lowest BCUT2D eigenvalue weighted by Gasteiger charge is -2.24. The van der Waals surface area contributed by atoms with Crippen molar-refractivity contribution in [3.8, 4) is 0 Å². The maximum atomic E-state index is 15.0. The second kappa shape index (κ2) is 8.58. The summed E-state index contributed by atoms with van der Waals surface area (Å²) in [4.78, 5) is 23.0. The molecule has 2 aromatic carbocycles. The Morgan fingerprint density at radius 1 is 1.27 bits per heavy atom. The number of rotatable bonds is 6. The second-order valence-electron chi connectivity index (χ2n) is 7.48. The summed E-state index contributed by atoms with van der Waals surface area (Å²) in [6.45, 7) is -0.161. The van der Waals surface area contributed by atoms with Crippen LogP contribution in [0.2, 0.25) is 0 Å². The molecule has 3 heterocycles. The van der Waals surface area contributed by atoms with Gasteiger partial charge in [-0.2, -0.15) is 10.1 Å². The maximum Gasteiger partial charge on any atom is 0.239 e. The van der Waals surface area contributed by atoms with Crippen LogP contribution in [0.25, 0.3) is 10.9 Å². The number of hydrogen-bond acceptors (Lipinski definition) is 7. The van der Waals surface area contributed by atoms with Crippen LogP contribution in [0.15, 0.2) is 53.7 Å². The van der Waals surface area contributed by atoms with Gasteiger partial charge in [0.05, 0.1) is 34.4 Å². The monoisotopic (exact) mass is 465 g/mol. The van der Waals surface area contributed by atoms with Crippen LogP contribution in [0, 0.1) is 5.82 Å². The van der Waals surface area contributed by atoms with Crippen molar-refractivity contribution in [3.05, 3.63) is 60.2 Å². The van der Waals surface area contributed by atoms with Gasteiger partial charge in [-0.3, -0.25) is 14.1 Å². The molecule has 0 bridgehead atoms. The SMILES string of the molecule is CNC(=O)CN(c1nc(Nc2ccc3c(c2)S(=O)CC3)ncc1F)c1cccc2[nH]ncc12. The Kier molecular flexibility index (Phi) is 5.47. The van der Waals surface area contributed by atoms with Gasteiger partial charge in [-0.05, 0) is 36.2 Å². The fourth-order valence-corrected chi connectivity index (χ4v) is 5.13. The third kappa shape index (κ3) is 4.02. The molecule has 4 aromatic rings. The maximum absolute atomic E-state index is 15.0. The highest BCUT2D eigenvalue weighted by Gasteiger charge is 2.23. The molecule has 0 saturated carbocycles. The molecule has 9 nitrogen and oxygen atoms in total. The number of carbonyl (C=O) groups is 1. The Balaban J connectivity index is 1.54. The smallest absolute Gasteiger partial charge is 0.239 e. The summed E-state index contributed by atoms with van der Waals surface area (Å²) >= 11 is 0. The number of halogens is 1. The van der Waals surface area contributed by atoms with Gasteiger partial charge < -0.3 is 15.5 Å². The molecule has 0 fully saturated rings. The number of nitrogens with one attached hydrogen (secondary N) is 3. The van der Waals surface area contributed by atoms with E-state index in [-0.39, 0.29) is 24.2 Å². The van der Waals surface area contributed by atoms with Gasteiger partial charge in [0.25, 0.3) is 0 Å². The molecule has 1 atom stereocenters. The van der Waals surface area contributed by atoms with Crippen LogP contribution in [0.1, 0.15) is 5.56 Å². The highest BCUT2D eigenvalue weighted by molar-refractivity contribution is 7.85. The number of hydrogen-bond donors (Lipinski definition) is 3. The number of likely N-dealkylation sites (N-methyl/N-ethyl adjacent to an activating group) is 1. The number of nitrogens with zero attached hydrogens (tertiary/aromatic N) is 4. The zero-order valence-electron chi connectivity index (χ0n) is 17.6. The summed E-state index contributed by atoms with van der Waals surface area (Å²) in [7, 11) is 0.488. The van der Waals surface area contributed by atoms with E-state index in [1.165, 1.54) is 11.9 Å². The summed E-state index contributed by atoms with van der Waals surface area (Å²) in [6.07, 6.45) is 3.46. The molecular formula is C22H20FN7O2S. The van der Waals surface area contributed by atoms with E-state index in [0.29, 0.717) is 17.1 Å². The van der Waals surface area contributed by atoms with Crippen LogP contribution >= 0.6 is 0 Å². The van der Waals surface area contributed by atoms with Crippen molar-refractivity contribution in [2.75, 3.05) is 29.6 Å². The zero-order chi connectivity index (χ0) is 22.9. The van der Waals surface area contributed by atoms with Crippen molar-refractivity contribution in [2.45, 2.75) is 11.3 Å². The minimum absolute atomic E-state index is 0.0606. The van der Waals surface area contributed by atoms with Crippen molar-refractivity contribution < 1.29 is 13.4 Å². The first kappa shape index (κ1) is 21.0. The molecule has 1 unspecified atom stereocenters. The average Bonchev–Trinajstić information content (AvgIpc) is 3.45. The lowest BCUT2D eigenvalue weighted by atomic mass is 10.1. The van der Waals surface area contributed by atoms with E-state index in [4.69, 9.17) is 0 Å². The zero-order valence-corrected chi connectivity index (χ0v) is 18.4. The molecule has 1 aliphatic rings. The van der Waals surface area contributed by atoms with Gasteiger partial charge >= 0.3 is 0 Å². The minimum Gasteiger partial charge on any atom is -0.358 e. The van der Waals surface area contributed by atoms with Crippen molar-refractivity contribution in [2.24, 2.45) is 0 Å². The molecule has 33 heavy (non-hydrogen) atoms. The molecule has 1 amide bonds. The Morgan fingerprint density at radius 2 is 2.15 bits per heavy atom. The fraction of sp³-hybridized carbons (Fsp3) is 0.182. The Bertz CT molecular complexity index is 1390. The number of aryl methyl sites for hydroxylation is 1. The molecule has 1 aliphatic heterocycles. The lowest BCUT2D eigenvalue weighted by Crippen LogP contribution is -2.33. The Hall–Kier alpha value is -3.86. The van der Waals surface area contributed by atoms with Crippen LogP contribution in [0.5, 0.6) is 0 Å². The highest BCUT2D eigenvalue weighted by atomic mass is 32.2. The number of anilines is 4. The Morgan fingerprint density at radius 3 is 3.00 bits per heavy atom. The average molecular weight is 466 g/mol. The number of aromatic amines is 1. The third-order valence-corrected chi connectivity index (χ3v) is 6.89. The van der Waals surface area contributed by atoms with E-state index >= 15 is 0 Å². The second-order valence-corrected chi connectivity index (χ2v) is 9.02. The van der Waals surface area contributed by atoms with Gasteiger partial charge in [0.15, 0.2) is 11.6 Å². The number of carbonyl (C=O) groups excluding carboxylic acids is 1. The van der Waals surface area contributed by atoms with E-state index in [2.05, 4.69) is 30.8 Å². The molecule has 0 spiro atoms. The van der Waals surface area contributed by atoms with Crippen LogP contribution < -0.4 is 15.5 Å². The van der Waals surface area contributed by atoms with Crippen molar-refractivity contribution in [3.63, 3.8) is 0 Å². The van der Waals surface area contributed by atoms with Crippen LogP contribution in [0.4, 0.5) is 27.5 Å². The summed E-state index contributed by atoms with van der Waals surface area (Å²) in [5.74, 6) is -0.292. The molecule has 0 aliphatic carbocycles. The molecule has 0 radical (unpaired) electrons. The molecular weight excluding hydrogens is 445 g/mol. The van der Waals surface area contributed by atoms with Gasteiger partial charge in [-0.25, -0.2) is 9.37 Å². The fourth-order valence-electron chi connectivity index (χ4n) is 3.78. The predicted octanol–water partition coefficient (Wildman–Crippen LogP) is 2.78. The summed E-state index contributed by atoms with van der Waals surface area (Å²) < 4.78 is 27.1. The molecule has 2 aromatic heterocycles. The predicted molar refractivity (Wildman–Crippen MR) is 124 cm³/mol. The quantitative estimate of drug-likeness (QED) is 0.401. The van der Waals surface area contributed by atoms with Gasteiger partial charge in [0, 0.05) is 28.8 Å². The number of H-pyrrole nitrogens is 1. The van der Waals surface area contributed by atoms with Crippen LogP contribution in [0.3, 0.4) is 0 Å². The van der Waals surface area contributed by atoms with Crippen molar-refractivity contribution in [1.82, 2.24) is 25.5 Å². The lowest BCUT2D eigenvalue weighted by molar-refractivity contribution is -0.119. The summed E-state index contributed by atoms with van der Waals surface area (Å²) in [6, 6.07) is 11.0. The van der Waals surface area contributed by atoms with E-state index in [1.807, 2.05) is 18.2 Å². The summed E-state index contributed by atoms with van der Waals surface area (Å²) in [5.41, 5.74) is 3.02. The first-order valence-electron chi connectivity index (χ1n) is 10.2. The van der Waals surface area contributed by atoms with E-state index in [0.717, 1.165) is 34.0 Å². The Labute approximate surface area is 190 Å². The largest absolute Gasteiger partial charge is 0.358 e. The molecule has 168 valence electrons. The molecule has 11 heteroatoms. The normalized spacial score (nSPS) is 14.8. The number of fused-ring (bicyclic) bond motifs is 2. The molecule has 0 saturated heterocycles. The van der Waals surface area contributed by atoms with Gasteiger partial charge in [-0.15, -0.1) is 0 Å². The first-order chi connectivity index (χ1) is 16.0. The van der Waals surface area contributed by atoms with E-state index < -0.39 is 16.6 Å². The third-order valence-electron chi connectivity index (χ3n) is 5.44. The standard InChI is InChI=1S/C22H20FN7O2S/c1-24-20(31)12-30(18-4-2-3-17-15(18)10-26-29-17)21-16(23)11-25-22(28-21)27-14-6-5-13-7-8-33(32)19(13)9-14/h2-6,9-11H,7-8,12H2,1H3,(H,24,31)(H,26,29)(H,25,27,28). The first-order valence-corrected chi connectivity index (χ1v) is 11.6. The number of aromatic nitrogens is 4. The van der Waals surface area contributed by atoms with Crippen molar-refractivity contribution >= 4 is 50.8 Å². The van der Waals surface area contributed by atoms with Gasteiger partial charge in [0.2, 0.25) is 11.9 Å². The van der Waals surface area contributed by atoms with Crippen LogP contribution in [-0.4, -0.2) is 49.6 Å². The van der Waals surface area contributed by atoms with Crippen molar-refractivity contribution in [1.29, 1.82) is 0 Å². The highest BCUT2D eigenvalue weighted by Crippen LogP contribution is 2.33. The van der Waals surface area contributed by atoms with Gasteiger partial charge in [0.1, 0.15) is 6.54 Å². The van der Waals surface area contributed by atoms with Gasteiger partial charge in [-0.1, -0.05) is 12.1 Å². The number of benzene rings is 2. The topological polar surface area (TPSA) is 116 Å². The summed E-state index contributed by atoms with van der Waals surface area (Å²) in [5, 5.41) is 13.3. The van der Waals surface area contributed by atoms with Crippen LogP contribution in [-0.2, 0) is 22.0 Å². The molecule has 3 N–H and O–H groups in total. The van der Waals surface area contributed by atoms with E-state index in [1.54, 1.807) is 24.4 Å². The number of amides is 1. The minimum atomic E-state index is -1.03. The molecule has 5 rings (SSSR count). The van der Waals surface area contributed by atoms with E-state index in [9.17, 15) is 13.4 Å².